The number of nitrogens with one attached hydrogen (secondary N) is 1. The van der Waals surface area contributed by atoms with Crippen LogP contribution in [-0.2, 0) is 4.79 Å². The highest BCUT2D eigenvalue weighted by Crippen LogP contribution is 2.29. The largest absolute Gasteiger partial charge is 0.477 e. The molecule has 1 aliphatic heterocycles. The van der Waals surface area contributed by atoms with Gasteiger partial charge in [-0.05, 0) is 37.0 Å². The summed E-state index contributed by atoms with van der Waals surface area (Å²) < 4.78 is 1.70. The van der Waals surface area contributed by atoms with E-state index in [4.69, 9.17) is 0 Å². The number of nitrogens with zero attached hydrogens (tertiary/aromatic N) is 3. The van der Waals surface area contributed by atoms with Gasteiger partial charge in [-0.1, -0.05) is 12.1 Å². The zero-order valence-electron chi connectivity index (χ0n) is 11.6. The Morgan fingerprint density at radius 2 is 2.10 bits per heavy atom. The van der Waals surface area contributed by atoms with Crippen LogP contribution in [0.3, 0.4) is 0 Å². The van der Waals surface area contributed by atoms with Gasteiger partial charge < -0.3 is 10.4 Å². The van der Waals surface area contributed by atoms with Crippen LogP contribution in [0.4, 0.5) is 5.95 Å². The standard InChI is InChI=1S/C14H14N4O2S/c1-8-15-14-16-11(13(19)20)7-12(18(14)17-8)9-3-5-10(21-2)6-4-9/h3-7,12H,1-2H3,(H,19,20)(H,15,16,17). The number of carbonyl (C=O) groups is 1. The molecule has 1 aromatic carbocycles. The number of carboxylic acids is 1. The second-order valence-corrected chi connectivity index (χ2v) is 5.54. The molecule has 2 aromatic rings. The van der Waals surface area contributed by atoms with Crippen LogP contribution in [-0.4, -0.2) is 32.1 Å². The number of benzene rings is 1. The van der Waals surface area contributed by atoms with Crippen LogP contribution in [0.2, 0.25) is 0 Å². The summed E-state index contributed by atoms with van der Waals surface area (Å²) in [7, 11) is 0. The van der Waals surface area contributed by atoms with E-state index in [1.54, 1.807) is 29.4 Å². The Kier molecular flexibility index (Phi) is 3.42. The predicted molar refractivity (Wildman–Crippen MR) is 80.5 cm³/mol. The minimum absolute atomic E-state index is 0.119. The van der Waals surface area contributed by atoms with Crippen molar-refractivity contribution in [2.45, 2.75) is 17.9 Å². The first-order valence-electron chi connectivity index (χ1n) is 6.37. The molecule has 7 heteroatoms. The average Bonchev–Trinajstić information content (AvgIpc) is 2.86. The third-order valence-electron chi connectivity index (χ3n) is 3.26. The van der Waals surface area contributed by atoms with Crippen molar-refractivity contribution in [2.75, 3.05) is 11.6 Å². The SMILES string of the molecule is CSc1ccc(C2C=C(C(=O)O)Nc3nc(C)nn32)cc1. The van der Waals surface area contributed by atoms with E-state index in [9.17, 15) is 9.90 Å². The van der Waals surface area contributed by atoms with Crippen molar-refractivity contribution in [1.82, 2.24) is 14.8 Å². The third kappa shape index (κ3) is 2.52. The van der Waals surface area contributed by atoms with E-state index in [0.717, 1.165) is 10.5 Å². The van der Waals surface area contributed by atoms with Gasteiger partial charge in [-0.3, -0.25) is 0 Å². The van der Waals surface area contributed by atoms with Crippen molar-refractivity contribution in [1.29, 1.82) is 0 Å². The molecular weight excluding hydrogens is 288 g/mol. The van der Waals surface area contributed by atoms with Crippen LogP contribution in [0.5, 0.6) is 0 Å². The quantitative estimate of drug-likeness (QED) is 0.847. The number of carboxylic acid groups (broad SMARTS) is 1. The summed E-state index contributed by atoms with van der Waals surface area (Å²) in [4.78, 5) is 16.6. The fraction of sp³-hybridized carbons (Fsp3) is 0.214. The van der Waals surface area contributed by atoms with Gasteiger partial charge in [0.15, 0.2) is 0 Å². The van der Waals surface area contributed by atoms with Gasteiger partial charge in [-0.15, -0.1) is 11.8 Å². The highest BCUT2D eigenvalue weighted by molar-refractivity contribution is 7.98. The van der Waals surface area contributed by atoms with Crippen molar-refractivity contribution in [2.24, 2.45) is 0 Å². The number of allylic oxidation sites excluding steroid dienone is 1. The summed E-state index contributed by atoms with van der Waals surface area (Å²) in [5.74, 6) is 0.0438. The van der Waals surface area contributed by atoms with Gasteiger partial charge in [0.2, 0.25) is 5.95 Å². The molecule has 0 saturated carbocycles. The van der Waals surface area contributed by atoms with E-state index in [-0.39, 0.29) is 11.7 Å². The monoisotopic (exact) mass is 302 g/mol. The Balaban J connectivity index is 2.07. The number of rotatable bonds is 3. The molecule has 0 bridgehead atoms. The molecule has 0 spiro atoms. The first-order valence-corrected chi connectivity index (χ1v) is 7.60. The molecule has 0 radical (unpaired) electrons. The van der Waals surface area contributed by atoms with Crippen molar-refractivity contribution in [3.05, 3.63) is 47.4 Å². The Bertz CT molecular complexity index is 721. The molecule has 2 heterocycles. The average molecular weight is 302 g/mol. The molecule has 1 aliphatic rings. The summed E-state index contributed by atoms with van der Waals surface area (Å²) >= 11 is 1.66. The number of hydrogen-bond acceptors (Lipinski definition) is 5. The van der Waals surface area contributed by atoms with Gasteiger partial charge in [0.1, 0.15) is 17.6 Å². The van der Waals surface area contributed by atoms with E-state index in [1.165, 1.54) is 0 Å². The fourth-order valence-corrected chi connectivity index (χ4v) is 2.67. The molecule has 0 amide bonds. The van der Waals surface area contributed by atoms with Crippen molar-refractivity contribution >= 4 is 23.7 Å². The number of aromatic nitrogens is 3. The Morgan fingerprint density at radius 3 is 2.71 bits per heavy atom. The van der Waals surface area contributed by atoms with Crippen LogP contribution >= 0.6 is 11.8 Å². The van der Waals surface area contributed by atoms with Crippen LogP contribution in [0, 0.1) is 6.92 Å². The Morgan fingerprint density at radius 1 is 1.38 bits per heavy atom. The summed E-state index contributed by atoms with van der Waals surface area (Å²) in [6.45, 7) is 1.78. The van der Waals surface area contributed by atoms with Crippen LogP contribution < -0.4 is 5.32 Å². The molecule has 1 aromatic heterocycles. The van der Waals surface area contributed by atoms with Gasteiger partial charge >= 0.3 is 5.97 Å². The number of hydrogen-bond donors (Lipinski definition) is 2. The molecule has 21 heavy (non-hydrogen) atoms. The van der Waals surface area contributed by atoms with E-state index < -0.39 is 5.97 Å². The molecule has 0 saturated heterocycles. The lowest BCUT2D eigenvalue weighted by Crippen LogP contribution is -2.24. The lowest BCUT2D eigenvalue weighted by atomic mass is 10.0. The molecule has 1 unspecified atom stereocenters. The predicted octanol–water partition coefficient (Wildman–Crippen LogP) is 2.29. The number of aliphatic carboxylic acids is 1. The van der Waals surface area contributed by atoms with E-state index in [2.05, 4.69) is 15.4 Å². The molecule has 108 valence electrons. The third-order valence-corrected chi connectivity index (χ3v) is 4.00. The maximum Gasteiger partial charge on any atom is 0.352 e. The summed E-state index contributed by atoms with van der Waals surface area (Å²) in [6, 6.07) is 7.72. The summed E-state index contributed by atoms with van der Waals surface area (Å²) in [5, 5.41) is 16.4. The molecule has 6 nitrogen and oxygen atoms in total. The molecule has 3 rings (SSSR count). The van der Waals surface area contributed by atoms with Gasteiger partial charge in [0.05, 0.1) is 0 Å². The molecule has 0 fully saturated rings. The molecular formula is C14H14N4O2S. The first-order chi connectivity index (χ1) is 10.1. The van der Waals surface area contributed by atoms with Crippen LogP contribution in [0.15, 0.2) is 40.9 Å². The second-order valence-electron chi connectivity index (χ2n) is 4.66. The van der Waals surface area contributed by atoms with Crippen LogP contribution in [0.25, 0.3) is 0 Å². The van der Waals surface area contributed by atoms with Crippen molar-refractivity contribution < 1.29 is 9.90 Å². The van der Waals surface area contributed by atoms with E-state index >= 15 is 0 Å². The highest BCUT2D eigenvalue weighted by Gasteiger charge is 2.26. The number of fused-ring (bicyclic) bond motifs is 1. The zero-order chi connectivity index (χ0) is 15.0. The van der Waals surface area contributed by atoms with Gasteiger partial charge in [0, 0.05) is 4.90 Å². The molecule has 0 aliphatic carbocycles. The topological polar surface area (TPSA) is 80.0 Å². The lowest BCUT2D eigenvalue weighted by molar-refractivity contribution is -0.132. The number of thioether (sulfide) groups is 1. The van der Waals surface area contributed by atoms with Gasteiger partial charge in [0.25, 0.3) is 0 Å². The number of anilines is 1. The van der Waals surface area contributed by atoms with E-state index in [0.29, 0.717) is 11.8 Å². The van der Waals surface area contributed by atoms with E-state index in [1.807, 2.05) is 30.5 Å². The normalized spacial score (nSPS) is 16.9. The fourth-order valence-electron chi connectivity index (χ4n) is 2.26. The Labute approximate surface area is 125 Å². The zero-order valence-corrected chi connectivity index (χ0v) is 12.4. The minimum atomic E-state index is -1.01. The van der Waals surface area contributed by atoms with Gasteiger partial charge in [-0.25, -0.2) is 9.48 Å². The van der Waals surface area contributed by atoms with Gasteiger partial charge in [-0.2, -0.15) is 10.1 Å². The minimum Gasteiger partial charge on any atom is -0.477 e. The van der Waals surface area contributed by atoms with Crippen LogP contribution in [0.1, 0.15) is 17.4 Å². The Hall–Kier alpha value is -2.28. The summed E-state index contributed by atoms with van der Waals surface area (Å²) in [5.41, 5.74) is 1.09. The maximum atomic E-state index is 11.3. The lowest BCUT2D eigenvalue weighted by Gasteiger charge is -2.22. The second kappa shape index (κ2) is 5.25. The molecule has 1 atom stereocenters. The smallest absolute Gasteiger partial charge is 0.352 e. The first kappa shape index (κ1) is 13.7. The molecule has 2 N–H and O–H groups in total. The maximum absolute atomic E-state index is 11.3. The highest BCUT2D eigenvalue weighted by atomic mass is 32.2. The number of aryl methyl sites for hydroxylation is 1. The van der Waals surface area contributed by atoms with Crippen molar-refractivity contribution in [3.63, 3.8) is 0 Å². The summed E-state index contributed by atoms with van der Waals surface area (Å²) in [6.07, 6.45) is 3.67. The van der Waals surface area contributed by atoms with Crippen molar-refractivity contribution in [3.8, 4) is 0 Å².